The van der Waals surface area contributed by atoms with Crippen molar-refractivity contribution in [3.8, 4) is 0 Å². The lowest BCUT2D eigenvalue weighted by atomic mass is 10.1. The predicted molar refractivity (Wildman–Crippen MR) is 82.7 cm³/mol. The van der Waals surface area contributed by atoms with Gasteiger partial charge in [0.2, 0.25) is 0 Å². The highest BCUT2D eigenvalue weighted by Gasteiger charge is 2.27. The summed E-state index contributed by atoms with van der Waals surface area (Å²) in [5, 5.41) is 2.63. The van der Waals surface area contributed by atoms with E-state index in [0.717, 1.165) is 11.3 Å². The van der Waals surface area contributed by atoms with Crippen LogP contribution in [0.1, 0.15) is 46.4 Å². The summed E-state index contributed by atoms with van der Waals surface area (Å²) in [6, 6.07) is 0. The third-order valence-corrected chi connectivity index (χ3v) is 3.84. The maximum absolute atomic E-state index is 12.0. The lowest BCUT2D eigenvalue weighted by Gasteiger charge is -2.10. The van der Waals surface area contributed by atoms with Gasteiger partial charge in [0.05, 0.1) is 12.5 Å². The highest BCUT2D eigenvalue weighted by Crippen LogP contribution is 2.32. The Bertz CT molecular complexity index is 580. The lowest BCUT2D eigenvalue weighted by Crippen LogP contribution is -2.20. The molecule has 1 rings (SSSR count). The predicted octanol–water partition coefficient (Wildman–Crippen LogP) is 1.57. The van der Waals surface area contributed by atoms with Crippen LogP contribution >= 0.6 is 11.3 Å². The number of nitrogen functional groups attached to an aromatic ring is 1. The standard InChI is InChI=1S/C14H20N2O5S/c1-5-20-14(19)9-8(6-21-13(18)7(2)3)10(12(17)16-4)22-11(9)15/h7H,5-6,15H2,1-4H3,(H,16,17). The van der Waals surface area contributed by atoms with E-state index in [1.165, 1.54) is 7.05 Å². The summed E-state index contributed by atoms with van der Waals surface area (Å²) >= 11 is 0.962. The minimum Gasteiger partial charge on any atom is -0.462 e. The molecule has 0 aliphatic carbocycles. The van der Waals surface area contributed by atoms with E-state index in [4.69, 9.17) is 15.2 Å². The van der Waals surface area contributed by atoms with Crippen molar-refractivity contribution in [1.82, 2.24) is 5.32 Å². The second-order valence-corrected chi connectivity index (χ2v) is 5.76. The largest absolute Gasteiger partial charge is 0.462 e. The highest BCUT2D eigenvalue weighted by molar-refractivity contribution is 7.18. The first-order chi connectivity index (χ1) is 10.3. The molecule has 8 heteroatoms. The third kappa shape index (κ3) is 3.97. The summed E-state index contributed by atoms with van der Waals surface area (Å²) in [5.41, 5.74) is 6.19. The van der Waals surface area contributed by atoms with E-state index < -0.39 is 17.8 Å². The van der Waals surface area contributed by atoms with Gasteiger partial charge in [0, 0.05) is 12.6 Å². The zero-order chi connectivity index (χ0) is 16.9. The van der Waals surface area contributed by atoms with Crippen LogP contribution in [0.3, 0.4) is 0 Å². The first kappa shape index (κ1) is 18.0. The molecule has 0 bridgehead atoms. The Morgan fingerprint density at radius 1 is 1.27 bits per heavy atom. The van der Waals surface area contributed by atoms with Gasteiger partial charge < -0.3 is 20.5 Å². The minimum absolute atomic E-state index is 0.0852. The number of nitrogens with one attached hydrogen (secondary N) is 1. The minimum atomic E-state index is -0.637. The topological polar surface area (TPSA) is 108 Å². The van der Waals surface area contributed by atoms with Gasteiger partial charge in [-0.1, -0.05) is 13.8 Å². The maximum atomic E-state index is 12.0. The fraction of sp³-hybridized carbons (Fsp3) is 0.500. The molecular formula is C14H20N2O5S. The monoisotopic (exact) mass is 328 g/mol. The molecule has 1 aromatic heterocycles. The molecule has 7 nitrogen and oxygen atoms in total. The van der Waals surface area contributed by atoms with Gasteiger partial charge >= 0.3 is 11.9 Å². The number of esters is 2. The zero-order valence-corrected chi connectivity index (χ0v) is 13.8. The molecule has 0 fully saturated rings. The average molecular weight is 328 g/mol. The number of carbonyl (C=O) groups is 3. The van der Waals surface area contributed by atoms with Crippen LogP contribution in [0.25, 0.3) is 0 Å². The molecular weight excluding hydrogens is 308 g/mol. The van der Waals surface area contributed by atoms with E-state index in [2.05, 4.69) is 5.32 Å². The third-order valence-electron chi connectivity index (χ3n) is 2.78. The van der Waals surface area contributed by atoms with Crippen molar-refractivity contribution in [3.05, 3.63) is 16.0 Å². The Morgan fingerprint density at radius 3 is 2.41 bits per heavy atom. The van der Waals surface area contributed by atoms with Gasteiger partial charge in [-0.05, 0) is 6.92 Å². The SMILES string of the molecule is CCOC(=O)c1c(N)sc(C(=O)NC)c1COC(=O)C(C)C. The van der Waals surface area contributed by atoms with Crippen molar-refractivity contribution < 1.29 is 23.9 Å². The van der Waals surface area contributed by atoms with Gasteiger partial charge in [-0.15, -0.1) is 11.3 Å². The second kappa shape index (κ2) is 7.79. The van der Waals surface area contributed by atoms with E-state index in [0.29, 0.717) is 0 Å². The van der Waals surface area contributed by atoms with Crippen molar-refractivity contribution in [3.63, 3.8) is 0 Å². The van der Waals surface area contributed by atoms with E-state index in [1.54, 1.807) is 20.8 Å². The van der Waals surface area contributed by atoms with Crippen molar-refractivity contribution in [2.75, 3.05) is 19.4 Å². The Morgan fingerprint density at radius 2 is 1.91 bits per heavy atom. The molecule has 1 heterocycles. The van der Waals surface area contributed by atoms with Crippen LogP contribution in [-0.4, -0.2) is 31.5 Å². The van der Waals surface area contributed by atoms with Crippen molar-refractivity contribution in [1.29, 1.82) is 0 Å². The second-order valence-electron chi connectivity index (χ2n) is 4.71. The molecule has 0 spiro atoms. The van der Waals surface area contributed by atoms with Crippen LogP contribution in [0.15, 0.2) is 0 Å². The molecule has 0 unspecified atom stereocenters. The normalized spacial score (nSPS) is 10.4. The zero-order valence-electron chi connectivity index (χ0n) is 13.0. The number of carbonyl (C=O) groups excluding carboxylic acids is 3. The summed E-state index contributed by atoms with van der Waals surface area (Å²) in [6.07, 6.45) is 0. The lowest BCUT2D eigenvalue weighted by molar-refractivity contribution is -0.148. The molecule has 0 saturated carbocycles. The van der Waals surface area contributed by atoms with E-state index >= 15 is 0 Å². The Balaban J connectivity index is 3.20. The molecule has 0 atom stereocenters. The maximum Gasteiger partial charge on any atom is 0.341 e. The van der Waals surface area contributed by atoms with Gasteiger partial charge in [0.15, 0.2) is 0 Å². The number of thiophene rings is 1. The molecule has 122 valence electrons. The average Bonchev–Trinajstić information content (AvgIpc) is 2.80. The molecule has 0 aliphatic rings. The Hall–Kier alpha value is -2.09. The molecule has 1 amide bonds. The van der Waals surface area contributed by atoms with Crippen LogP contribution in [0.2, 0.25) is 0 Å². The van der Waals surface area contributed by atoms with E-state index in [1.807, 2.05) is 0 Å². The number of ether oxygens (including phenoxy) is 2. The molecule has 0 aromatic carbocycles. The van der Waals surface area contributed by atoms with Crippen molar-refractivity contribution in [2.45, 2.75) is 27.4 Å². The van der Waals surface area contributed by atoms with Gasteiger partial charge in [0.1, 0.15) is 22.0 Å². The Labute approximate surface area is 132 Å². The van der Waals surface area contributed by atoms with Crippen molar-refractivity contribution >= 4 is 34.2 Å². The first-order valence-electron chi connectivity index (χ1n) is 6.80. The van der Waals surface area contributed by atoms with Gasteiger partial charge in [0.25, 0.3) is 5.91 Å². The summed E-state index contributed by atoms with van der Waals surface area (Å²) in [7, 11) is 1.46. The van der Waals surface area contributed by atoms with Crippen LogP contribution in [0, 0.1) is 5.92 Å². The number of hydrogen-bond donors (Lipinski definition) is 2. The van der Waals surface area contributed by atoms with E-state index in [-0.39, 0.29) is 40.1 Å². The molecule has 0 saturated heterocycles. The van der Waals surface area contributed by atoms with E-state index in [9.17, 15) is 14.4 Å². The highest BCUT2D eigenvalue weighted by atomic mass is 32.1. The van der Waals surface area contributed by atoms with Gasteiger partial charge in [-0.3, -0.25) is 9.59 Å². The fourth-order valence-electron chi connectivity index (χ4n) is 1.66. The van der Waals surface area contributed by atoms with Crippen LogP contribution in [-0.2, 0) is 20.9 Å². The number of rotatable bonds is 6. The molecule has 1 aromatic rings. The van der Waals surface area contributed by atoms with Crippen LogP contribution in [0.5, 0.6) is 0 Å². The van der Waals surface area contributed by atoms with Gasteiger partial charge in [-0.25, -0.2) is 4.79 Å². The molecule has 0 aliphatic heterocycles. The fourth-order valence-corrected chi connectivity index (χ4v) is 2.66. The molecule has 22 heavy (non-hydrogen) atoms. The van der Waals surface area contributed by atoms with Crippen LogP contribution in [0.4, 0.5) is 5.00 Å². The number of hydrogen-bond acceptors (Lipinski definition) is 7. The molecule has 0 radical (unpaired) electrons. The summed E-state index contributed by atoms with van der Waals surface area (Å²) < 4.78 is 10.1. The van der Waals surface area contributed by atoms with Gasteiger partial charge in [-0.2, -0.15) is 0 Å². The number of anilines is 1. The number of nitrogens with two attached hydrogens (primary N) is 1. The summed E-state index contributed by atoms with van der Waals surface area (Å²) in [4.78, 5) is 35.8. The summed E-state index contributed by atoms with van der Waals surface area (Å²) in [6.45, 7) is 5.02. The first-order valence-corrected chi connectivity index (χ1v) is 7.62. The van der Waals surface area contributed by atoms with Crippen molar-refractivity contribution in [2.24, 2.45) is 5.92 Å². The summed E-state index contributed by atoms with van der Waals surface area (Å²) in [5.74, 6) is -1.78. The Kier molecular flexibility index (Phi) is 6.36. The van der Waals surface area contributed by atoms with Crippen LogP contribution < -0.4 is 11.1 Å². The molecule has 3 N–H and O–H groups in total. The number of amides is 1. The smallest absolute Gasteiger partial charge is 0.341 e. The quantitative estimate of drug-likeness (QED) is 0.767.